The molecule has 1 saturated carbocycles. The van der Waals surface area contributed by atoms with Crippen LogP contribution in [0.3, 0.4) is 0 Å². The van der Waals surface area contributed by atoms with Crippen molar-refractivity contribution in [2.75, 3.05) is 39.3 Å². The molecule has 4 aliphatic rings. The smallest absolute Gasteiger partial charge is 0.222 e. The molecule has 4 fully saturated rings. The van der Waals surface area contributed by atoms with Gasteiger partial charge >= 0.3 is 0 Å². The summed E-state index contributed by atoms with van der Waals surface area (Å²) >= 11 is 0. The Balaban J connectivity index is 1.19. The predicted octanol–water partition coefficient (Wildman–Crippen LogP) is 2.19. The number of amides is 1. The third-order valence-electron chi connectivity index (χ3n) is 7.03. The van der Waals surface area contributed by atoms with Crippen LogP contribution in [0.1, 0.15) is 52.4 Å². The molecule has 4 rings (SSSR count). The maximum absolute atomic E-state index is 11.7. The zero-order chi connectivity index (χ0) is 16.0. The van der Waals surface area contributed by atoms with E-state index in [1.54, 1.807) is 0 Å². The lowest BCUT2D eigenvalue weighted by molar-refractivity contribution is -0.158. The standard InChI is InChI=1S/C19H33N3O/c1-3-18(23)22-13-19(14-22)10-17(11-19)20-8-5-16(6-9-20)21-7-4-15(2)12-21/h15-17H,3-14H2,1-2H3. The predicted molar refractivity (Wildman–Crippen MR) is 92.3 cm³/mol. The molecule has 3 heterocycles. The zero-order valence-corrected chi connectivity index (χ0v) is 15.0. The number of nitrogens with zero attached hydrogens (tertiary/aromatic N) is 3. The highest BCUT2D eigenvalue weighted by Crippen LogP contribution is 2.50. The van der Waals surface area contributed by atoms with E-state index in [0.29, 0.717) is 17.7 Å². The van der Waals surface area contributed by atoms with Crippen molar-refractivity contribution in [2.24, 2.45) is 11.3 Å². The summed E-state index contributed by atoms with van der Waals surface area (Å²) in [5.74, 6) is 1.26. The van der Waals surface area contributed by atoms with Crippen LogP contribution in [-0.2, 0) is 4.79 Å². The maximum Gasteiger partial charge on any atom is 0.222 e. The summed E-state index contributed by atoms with van der Waals surface area (Å²) in [4.78, 5) is 19.3. The molecule has 4 nitrogen and oxygen atoms in total. The van der Waals surface area contributed by atoms with Gasteiger partial charge in [-0.3, -0.25) is 4.79 Å². The fourth-order valence-corrected chi connectivity index (χ4v) is 5.54. The molecular formula is C19H33N3O. The van der Waals surface area contributed by atoms with E-state index in [9.17, 15) is 4.79 Å². The Kier molecular flexibility index (Phi) is 4.17. The first kappa shape index (κ1) is 15.9. The van der Waals surface area contributed by atoms with Crippen LogP contribution in [0.4, 0.5) is 0 Å². The maximum atomic E-state index is 11.7. The van der Waals surface area contributed by atoms with Crippen LogP contribution in [0.5, 0.6) is 0 Å². The SMILES string of the molecule is CCC(=O)N1CC2(CC(N3CCC(N4CCC(C)C4)CC3)C2)C1. The van der Waals surface area contributed by atoms with Gasteiger partial charge in [0.2, 0.25) is 5.91 Å². The van der Waals surface area contributed by atoms with Crippen molar-refractivity contribution in [3.05, 3.63) is 0 Å². The van der Waals surface area contributed by atoms with E-state index in [1.165, 1.54) is 58.3 Å². The Bertz CT molecular complexity index is 444. The number of likely N-dealkylation sites (tertiary alicyclic amines) is 3. The fraction of sp³-hybridized carbons (Fsp3) is 0.947. The largest absolute Gasteiger partial charge is 0.341 e. The van der Waals surface area contributed by atoms with Crippen molar-refractivity contribution in [1.29, 1.82) is 0 Å². The molecule has 1 unspecified atom stereocenters. The van der Waals surface area contributed by atoms with Gasteiger partial charge in [0, 0.05) is 43.6 Å². The average molecular weight is 319 g/mol. The number of hydrogen-bond donors (Lipinski definition) is 0. The molecular weight excluding hydrogens is 286 g/mol. The highest BCUT2D eigenvalue weighted by atomic mass is 16.2. The average Bonchev–Trinajstić information content (AvgIpc) is 2.91. The Morgan fingerprint density at radius 3 is 2.22 bits per heavy atom. The van der Waals surface area contributed by atoms with Crippen LogP contribution < -0.4 is 0 Å². The lowest BCUT2D eigenvalue weighted by Gasteiger charge is -2.61. The third-order valence-corrected chi connectivity index (χ3v) is 7.03. The Labute approximate surface area is 141 Å². The highest BCUT2D eigenvalue weighted by molar-refractivity contribution is 5.77. The van der Waals surface area contributed by atoms with Crippen molar-refractivity contribution >= 4 is 5.91 Å². The second kappa shape index (κ2) is 6.03. The van der Waals surface area contributed by atoms with Gasteiger partial charge in [0.05, 0.1) is 0 Å². The van der Waals surface area contributed by atoms with E-state index >= 15 is 0 Å². The van der Waals surface area contributed by atoms with Crippen molar-refractivity contribution < 1.29 is 4.79 Å². The minimum Gasteiger partial charge on any atom is -0.341 e. The van der Waals surface area contributed by atoms with Crippen molar-refractivity contribution in [3.8, 4) is 0 Å². The molecule has 23 heavy (non-hydrogen) atoms. The van der Waals surface area contributed by atoms with Gasteiger partial charge in [0.1, 0.15) is 0 Å². The Morgan fingerprint density at radius 2 is 1.65 bits per heavy atom. The molecule has 0 aromatic heterocycles. The van der Waals surface area contributed by atoms with Gasteiger partial charge in [0.15, 0.2) is 0 Å². The normalized spacial score (nSPS) is 33.0. The van der Waals surface area contributed by atoms with Crippen molar-refractivity contribution in [2.45, 2.75) is 64.5 Å². The first-order valence-electron chi connectivity index (χ1n) is 9.84. The Morgan fingerprint density at radius 1 is 1.00 bits per heavy atom. The minimum absolute atomic E-state index is 0.347. The summed E-state index contributed by atoms with van der Waals surface area (Å²) in [6.07, 6.45) is 7.49. The van der Waals surface area contributed by atoms with Crippen LogP contribution in [0.25, 0.3) is 0 Å². The Hall–Kier alpha value is -0.610. The lowest BCUT2D eigenvalue weighted by atomic mass is 9.60. The summed E-state index contributed by atoms with van der Waals surface area (Å²) in [5.41, 5.74) is 0.511. The molecule has 1 atom stereocenters. The van der Waals surface area contributed by atoms with E-state index in [4.69, 9.17) is 0 Å². The van der Waals surface area contributed by atoms with E-state index in [-0.39, 0.29) is 0 Å². The molecule has 130 valence electrons. The van der Waals surface area contributed by atoms with Gasteiger partial charge in [-0.1, -0.05) is 13.8 Å². The molecule has 0 N–H and O–H groups in total. The van der Waals surface area contributed by atoms with Crippen molar-refractivity contribution in [3.63, 3.8) is 0 Å². The molecule has 3 aliphatic heterocycles. The second-order valence-electron chi connectivity index (χ2n) is 8.82. The molecule has 0 aromatic carbocycles. The number of piperidine rings is 1. The summed E-state index contributed by atoms with van der Waals surface area (Å²) < 4.78 is 0. The molecule has 1 aliphatic carbocycles. The van der Waals surface area contributed by atoms with Gasteiger partial charge in [-0.05, 0) is 57.7 Å². The van der Waals surface area contributed by atoms with Gasteiger partial charge in [-0.25, -0.2) is 0 Å². The third kappa shape index (κ3) is 2.93. The first-order valence-corrected chi connectivity index (χ1v) is 9.84. The quantitative estimate of drug-likeness (QED) is 0.798. The van der Waals surface area contributed by atoms with Crippen LogP contribution in [-0.4, -0.2) is 72.0 Å². The molecule has 1 amide bonds. The van der Waals surface area contributed by atoms with E-state index in [0.717, 1.165) is 31.1 Å². The van der Waals surface area contributed by atoms with Crippen LogP contribution >= 0.6 is 0 Å². The first-order chi connectivity index (χ1) is 11.1. The number of carbonyl (C=O) groups is 1. The molecule has 0 bridgehead atoms. The van der Waals surface area contributed by atoms with Crippen molar-refractivity contribution in [1.82, 2.24) is 14.7 Å². The summed E-state index contributed by atoms with van der Waals surface area (Å²) in [7, 11) is 0. The molecule has 3 saturated heterocycles. The minimum atomic E-state index is 0.347. The molecule has 1 spiro atoms. The van der Waals surface area contributed by atoms with E-state index in [2.05, 4.69) is 21.6 Å². The lowest BCUT2D eigenvalue weighted by Crippen LogP contribution is -2.68. The van der Waals surface area contributed by atoms with Crippen LogP contribution in [0, 0.1) is 11.3 Å². The molecule has 4 heteroatoms. The topological polar surface area (TPSA) is 26.8 Å². The van der Waals surface area contributed by atoms with E-state index < -0.39 is 0 Å². The molecule has 0 radical (unpaired) electrons. The fourth-order valence-electron chi connectivity index (χ4n) is 5.54. The van der Waals surface area contributed by atoms with Gasteiger partial charge < -0.3 is 14.7 Å². The number of carbonyl (C=O) groups excluding carboxylic acids is 1. The van der Waals surface area contributed by atoms with E-state index in [1.807, 2.05) is 6.92 Å². The van der Waals surface area contributed by atoms with Gasteiger partial charge in [-0.15, -0.1) is 0 Å². The molecule has 0 aromatic rings. The summed E-state index contributed by atoms with van der Waals surface area (Å²) in [6, 6.07) is 1.67. The second-order valence-corrected chi connectivity index (χ2v) is 8.82. The summed E-state index contributed by atoms with van der Waals surface area (Å²) in [5, 5.41) is 0. The zero-order valence-electron chi connectivity index (χ0n) is 15.0. The van der Waals surface area contributed by atoms with Crippen LogP contribution in [0.15, 0.2) is 0 Å². The van der Waals surface area contributed by atoms with Crippen LogP contribution in [0.2, 0.25) is 0 Å². The monoisotopic (exact) mass is 319 g/mol. The summed E-state index contributed by atoms with van der Waals surface area (Å²) in [6.45, 7) is 11.7. The highest BCUT2D eigenvalue weighted by Gasteiger charge is 2.54. The number of rotatable bonds is 3. The van der Waals surface area contributed by atoms with Gasteiger partial charge in [-0.2, -0.15) is 0 Å². The number of hydrogen-bond acceptors (Lipinski definition) is 3. The van der Waals surface area contributed by atoms with Gasteiger partial charge in [0.25, 0.3) is 0 Å².